The van der Waals surface area contributed by atoms with Crippen molar-refractivity contribution in [3.05, 3.63) is 34.9 Å². The third kappa shape index (κ3) is 4.06. The van der Waals surface area contributed by atoms with Crippen LogP contribution in [0.4, 0.5) is 0 Å². The molecule has 5 heteroatoms. The molecule has 2 aliphatic heterocycles. The monoisotopic (exact) mass is 335 g/mol. The number of carbonyl (C=O) groups excluding carboxylic acids is 1. The summed E-state index contributed by atoms with van der Waals surface area (Å²) in [6.07, 6.45) is 2.21. The first-order valence-corrected chi connectivity index (χ1v) is 9.02. The Balaban J connectivity index is 1.83. The highest BCUT2D eigenvalue weighted by atomic mass is 35.5. The number of halogens is 1. The maximum Gasteiger partial charge on any atom is 0.244 e. The number of benzene rings is 1. The molecule has 2 aliphatic rings. The molecule has 2 saturated heterocycles. The van der Waals surface area contributed by atoms with Crippen molar-refractivity contribution >= 4 is 17.5 Å². The van der Waals surface area contributed by atoms with Crippen molar-refractivity contribution in [1.29, 1.82) is 0 Å². The van der Waals surface area contributed by atoms with Gasteiger partial charge in [0.05, 0.1) is 0 Å². The molecule has 23 heavy (non-hydrogen) atoms. The molecule has 1 atom stereocenters. The molecule has 4 nitrogen and oxygen atoms in total. The fourth-order valence-corrected chi connectivity index (χ4v) is 3.73. The standard InChI is InChI=1S/C18H26ClN3O/c1-14-5-9-22(10-6-14)18(23)17(21-11-7-20-8-12-21)15-3-2-4-16(19)13-15/h2-4,13-14,17,20H,5-12H2,1H3. The van der Waals surface area contributed by atoms with Crippen LogP contribution in [-0.4, -0.2) is 55.0 Å². The van der Waals surface area contributed by atoms with Crippen LogP contribution < -0.4 is 5.32 Å². The number of carbonyl (C=O) groups is 1. The van der Waals surface area contributed by atoms with E-state index in [9.17, 15) is 4.79 Å². The lowest BCUT2D eigenvalue weighted by Crippen LogP contribution is -2.51. The summed E-state index contributed by atoms with van der Waals surface area (Å²) >= 11 is 6.18. The van der Waals surface area contributed by atoms with Crippen molar-refractivity contribution in [3.8, 4) is 0 Å². The highest BCUT2D eigenvalue weighted by molar-refractivity contribution is 6.30. The van der Waals surface area contributed by atoms with E-state index in [1.807, 2.05) is 29.2 Å². The summed E-state index contributed by atoms with van der Waals surface area (Å²) in [6.45, 7) is 7.68. The molecule has 2 fully saturated rings. The van der Waals surface area contributed by atoms with Gasteiger partial charge in [-0.1, -0.05) is 30.7 Å². The van der Waals surface area contributed by atoms with Crippen molar-refractivity contribution in [3.63, 3.8) is 0 Å². The van der Waals surface area contributed by atoms with E-state index in [0.717, 1.165) is 63.6 Å². The molecule has 1 N–H and O–H groups in total. The van der Waals surface area contributed by atoms with Gasteiger partial charge in [-0.05, 0) is 36.5 Å². The van der Waals surface area contributed by atoms with Gasteiger partial charge in [0.15, 0.2) is 0 Å². The van der Waals surface area contributed by atoms with Crippen LogP contribution >= 0.6 is 11.6 Å². The van der Waals surface area contributed by atoms with Crippen molar-refractivity contribution in [2.75, 3.05) is 39.3 Å². The van der Waals surface area contributed by atoms with E-state index in [1.54, 1.807) is 0 Å². The van der Waals surface area contributed by atoms with Crippen LogP contribution in [0.2, 0.25) is 5.02 Å². The number of piperidine rings is 1. The molecule has 126 valence electrons. The van der Waals surface area contributed by atoms with Crippen molar-refractivity contribution < 1.29 is 4.79 Å². The molecule has 0 aliphatic carbocycles. The SMILES string of the molecule is CC1CCN(C(=O)C(c2cccc(Cl)c2)N2CCNCC2)CC1. The number of hydrogen-bond donors (Lipinski definition) is 1. The summed E-state index contributed by atoms with van der Waals surface area (Å²) in [4.78, 5) is 17.6. The quantitative estimate of drug-likeness (QED) is 0.922. The lowest BCUT2D eigenvalue weighted by Gasteiger charge is -2.39. The zero-order chi connectivity index (χ0) is 16.2. The molecule has 0 aromatic heterocycles. The Morgan fingerprint density at radius 2 is 1.91 bits per heavy atom. The zero-order valence-electron chi connectivity index (χ0n) is 13.8. The Kier molecular flexibility index (Phi) is 5.57. The zero-order valence-corrected chi connectivity index (χ0v) is 14.6. The van der Waals surface area contributed by atoms with Gasteiger partial charge in [0.2, 0.25) is 5.91 Å². The Morgan fingerprint density at radius 1 is 1.22 bits per heavy atom. The second-order valence-corrected chi connectivity index (χ2v) is 7.19. The number of rotatable bonds is 3. The molecule has 1 aromatic carbocycles. The second-order valence-electron chi connectivity index (χ2n) is 6.75. The van der Waals surface area contributed by atoms with Crippen molar-refractivity contribution in [2.24, 2.45) is 5.92 Å². The van der Waals surface area contributed by atoms with Crippen LogP contribution in [0, 0.1) is 5.92 Å². The van der Waals surface area contributed by atoms with Gasteiger partial charge < -0.3 is 10.2 Å². The maximum atomic E-state index is 13.2. The van der Waals surface area contributed by atoms with Crippen LogP contribution in [0.15, 0.2) is 24.3 Å². The van der Waals surface area contributed by atoms with E-state index >= 15 is 0 Å². The van der Waals surface area contributed by atoms with Gasteiger partial charge in [0.1, 0.15) is 6.04 Å². The Morgan fingerprint density at radius 3 is 2.57 bits per heavy atom. The third-order valence-corrected chi connectivity index (χ3v) is 5.25. The lowest BCUT2D eigenvalue weighted by molar-refractivity contribution is -0.139. The minimum Gasteiger partial charge on any atom is -0.341 e. The Bertz CT molecular complexity index is 537. The summed E-state index contributed by atoms with van der Waals surface area (Å²) in [5.74, 6) is 0.962. The van der Waals surface area contributed by atoms with E-state index in [1.165, 1.54) is 0 Å². The van der Waals surface area contributed by atoms with Crippen molar-refractivity contribution in [2.45, 2.75) is 25.8 Å². The van der Waals surface area contributed by atoms with Crippen LogP contribution in [-0.2, 0) is 4.79 Å². The number of likely N-dealkylation sites (tertiary alicyclic amines) is 1. The normalized spacial score (nSPS) is 22.1. The molecule has 2 heterocycles. The number of piperazine rings is 1. The number of amides is 1. The minimum atomic E-state index is -0.204. The number of nitrogens with zero attached hydrogens (tertiary/aromatic N) is 2. The predicted molar refractivity (Wildman–Crippen MR) is 93.6 cm³/mol. The van der Waals surface area contributed by atoms with E-state index < -0.39 is 0 Å². The van der Waals surface area contributed by atoms with E-state index in [2.05, 4.69) is 17.1 Å². The van der Waals surface area contributed by atoms with Crippen LogP contribution in [0.1, 0.15) is 31.4 Å². The van der Waals surface area contributed by atoms with Crippen LogP contribution in [0.25, 0.3) is 0 Å². The number of hydrogen-bond acceptors (Lipinski definition) is 3. The molecule has 0 saturated carbocycles. The summed E-state index contributed by atoms with van der Waals surface area (Å²) < 4.78 is 0. The van der Waals surface area contributed by atoms with E-state index in [-0.39, 0.29) is 11.9 Å². The Hall–Kier alpha value is -1.10. The van der Waals surface area contributed by atoms with Gasteiger partial charge in [-0.2, -0.15) is 0 Å². The summed E-state index contributed by atoms with van der Waals surface area (Å²) in [5.41, 5.74) is 1.02. The number of nitrogens with one attached hydrogen (secondary N) is 1. The topological polar surface area (TPSA) is 35.6 Å². The summed E-state index contributed by atoms with van der Waals surface area (Å²) in [5, 5.41) is 4.06. The average Bonchev–Trinajstić information content (AvgIpc) is 2.57. The molecule has 1 aromatic rings. The van der Waals surface area contributed by atoms with Gasteiger partial charge in [-0.3, -0.25) is 9.69 Å². The lowest BCUT2D eigenvalue weighted by atomic mass is 9.97. The van der Waals surface area contributed by atoms with Crippen LogP contribution in [0.5, 0.6) is 0 Å². The average molecular weight is 336 g/mol. The Labute approximate surface area is 143 Å². The predicted octanol–water partition coefficient (Wildman–Crippen LogP) is 2.54. The maximum absolute atomic E-state index is 13.2. The third-order valence-electron chi connectivity index (χ3n) is 5.01. The first kappa shape index (κ1) is 16.7. The van der Waals surface area contributed by atoms with Gasteiger partial charge in [-0.15, -0.1) is 0 Å². The molecular formula is C18H26ClN3O. The summed E-state index contributed by atoms with van der Waals surface area (Å²) in [7, 11) is 0. The fourth-order valence-electron chi connectivity index (χ4n) is 3.53. The molecule has 3 rings (SSSR count). The first-order chi connectivity index (χ1) is 11.1. The minimum absolute atomic E-state index is 0.204. The van der Waals surface area contributed by atoms with Crippen LogP contribution in [0.3, 0.4) is 0 Å². The molecule has 1 unspecified atom stereocenters. The highest BCUT2D eigenvalue weighted by Gasteiger charge is 2.33. The van der Waals surface area contributed by atoms with Gasteiger partial charge >= 0.3 is 0 Å². The largest absolute Gasteiger partial charge is 0.341 e. The molecule has 0 bridgehead atoms. The molecule has 0 spiro atoms. The van der Waals surface area contributed by atoms with E-state index in [4.69, 9.17) is 11.6 Å². The van der Waals surface area contributed by atoms with Gasteiger partial charge in [-0.25, -0.2) is 0 Å². The molecule has 0 radical (unpaired) electrons. The van der Waals surface area contributed by atoms with E-state index in [0.29, 0.717) is 5.02 Å². The van der Waals surface area contributed by atoms with Gasteiger partial charge in [0, 0.05) is 44.3 Å². The second kappa shape index (κ2) is 7.65. The smallest absolute Gasteiger partial charge is 0.244 e. The highest BCUT2D eigenvalue weighted by Crippen LogP contribution is 2.28. The fraction of sp³-hybridized carbons (Fsp3) is 0.611. The molecule has 1 amide bonds. The first-order valence-electron chi connectivity index (χ1n) is 8.64. The summed E-state index contributed by atoms with van der Waals surface area (Å²) in [6, 6.07) is 7.58. The molecular weight excluding hydrogens is 310 g/mol. The van der Waals surface area contributed by atoms with Gasteiger partial charge in [0.25, 0.3) is 0 Å². The van der Waals surface area contributed by atoms with Crippen molar-refractivity contribution in [1.82, 2.24) is 15.1 Å².